The number of unbranched alkanes of at least 4 members (excludes halogenated alkanes) is 1. The van der Waals surface area contributed by atoms with E-state index in [1.807, 2.05) is 20.9 Å². The van der Waals surface area contributed by atoms with Crippen molar-refractivity contribution in [1.29, 1.82) is 0 Å². The third-order valence-corrected chi connectivity index (χ3v) is 4.17. The fourth-order valence-electron chi connectivity index (χ4n) is 1.86. The van der Waals surface area contributed by atoms with E-state index in [4.69, 9.17) is 15.2 Å². The minimum atomic E-state index is -0.385. The van der Waals surface area contributed by atoms with Gasteiger partial charge in [-0.05, 0) is 27.2 Å². The van der Waals surface area contributed by atoms with Crippen molar-refractivity contribution in [2.75, 3.05) is 30.8 Å². The quantitative estimate of drug-likeness (QED) is 0.744. The van der Waals surface area contributed by atoms with Crippen LogP contribution in [0.2, 0.25) is 0 Å². The Kier molecular flexibility index (Phi) is 6.81. The highest BCUT2D eigenvalue weighted by molar-refractivity contribution is 7.19. The molecule has 1 aromatic rings. The number of ether oxygens (including phenoxy) is 2. The maximum Gasteiger partial charge on any atom is 0.350 e. The number of esters is 1. The molecule has 6 heteroatoms. The van der Waals surface area contributed by atoms with Crippen molar-refractivity contribution in [2.24, 2.45) is 0 Å². The van der Waals surface area contributed by atoms with Gasteiger partial charge in [-0.1, -0.05) is 13.3 Å². The Bertz CT molecular complexity index is 472. The van der Waals surface area contributed by atoms with Gasteiger partial charge in [0.15, 0.2) is 5.75 Å². The highest BCUT2D eigenvalue weighted by Gasteiger charge is 2.25. The summed E-state index contributed by atoms with van der Waals surface area (Å²) in [4.78, 5) is 14.5. The molecule has 0 atom stereocenters. The van der Waals surface area contributed by atoms with Gasteiger partial charge in [0, 0.05) is 13.6 Å². The van der Waals surface area contributed by atoms with Crippen molar-refractivity contribution in [1.82, 2.24) is 0 Å². The van der Waals surface area contributed by atoms with Crippen molar-refractivity contribution < 1.29 is 14.3 Å². The lowest BCUT2D eigenvalue weighted by Gasteiger charge is -2.20. The van der Waals surface area contributed by atoms with E-state index in [-0.39, 0.29) is 12.1 Å². The van der Waals surface area contributed by atoms with Gasteiger partial charge in [-0.25, -0.2) is 4.79 Å². The largest absolute Gasteiger partial charge is 0.486 e. The normalized spacial score (nSPS) is 10.8. The molecule has 0 unspecified atom stereocenters. The van der Waals surface area contributed by atoms with E-state index in [1.54, 1.807) is 6.92 Å². The van der Waals surface area contributed by atoms with E-state index in [0.29, 0.717) is 22.9 Å². The van der Waals surface area contributed by atoms with Gasteiger partial charge in [0.25, 0.3) is 0 Å². The van der Waals surface area contributed by atoms with Crippen LogP contribution in [0.25, 0.3) is 0 Å². The molecule has 1 aromatic heterocycles. The van der Waals surface area contributed by atoms with Crippen molar-refractivity contribution >= 4 is 28.0 Å². The lowest BCUT2D eigenvalue weighted by molar-refractivity contribution is 0.0533. The molecule has 1 heterocycles. The molecule has 21 heavy (non-hydrogen) atoms. The summed E-state index contributed by atoms with van der Waals surface area (Å²) in [6.45, 7) is 9.03. The van der Waals surface area contributed by atoms with Gasteiger partial charge in [-0.2, -0.15) is 0 Å². The number of anilines is 2. The third-order valence-electron chi connectivity index (χ3n) is 2.89. The summed E-state index contributed by atoms with van der Waals surface area (Å²) < 4.78 is 10.9. The van der Waals surface area contributed by atoms with Gasteiger partial charge in [-0.3, -0.25) is 0 Å². The average molecular weight is 314 g/mol. The molecule has 120 valence electrons. The maximum absolute atomic E-state index is 12.0. The fraction of sp³-hybridized carbons (Fsp3) is 0.667. The van der Waals surface area contributed by atoms with Crippen molar-refractivity contribution in [3.8, 4) is 5.75 Å². The Labute approximate surface area is 131 Å². The van der Waals surface area contributed by atoms with Gasteiger partial charge in [0.05, 0.1) is 12.7 Å². The van der Waals surface area contributed by atoms with Crippen LogP contribution in [-0.4, -0.2) is 32.3 Å². The first-order valence-electron chi connectivity index (χ1n) is 7.39. The second-order valence-corrected chi connectivity index (χ2v) is 6.14. The summed E-state index contributed by atoms with van der Waals surface area (Å²) in [5.41, 5.74) is 6.49. The number of nitrogens with zero attached hydrogens (tertiary/aromatic N) is 1. The number of carbonyl (C=O) groups excluding carboxylic acids is 1. The molecule has 0 aliphatic heterocycles. The summed E-state index contributed by atoms with van der Waals surface area (Å²) in [7, 11) is 1.99. The highest BCUT2D eigenvalue weighted by atomic mass is 32.1. The minimum absolute atomic E-state index is 0.00438. The Morgan fingerprint density at radius 3 is 2.57 bits per heavy atom. The molecule has 0 aliphatic rings. The molecule has 0 fully saturated rings. The molecule has 1 rings (SSSR count). The highest BCUT2D eigenvalue weighted by Crippen LogP contribution is 2.45. The maximum atomic E-state index is 12.0. The van der Waals surface area contributed by atoms with Gasteiger partial charge in [0.2, 0.25) is 0 Å². The number of rotatable bonds is 8. The number of nitrogens with two attached hydrogens (primary N) is 1. The van der Waals surface area contributed by atoms with Crippen LogP contribution < -0.4 is 15.4 Å². The molecular formula is C15H26N2O3S. The van der Waals surface area contributed by atoms with Gasteiger partial charge >= 0.3 is 5.97 Å². The average Bonchev–Trinajstić information content (AvgIpc) is 2.73. The molecular weight excluding hydrogens is 288 g/mol. The Morgan fingerprint density at radius 2 is 2.05 bits per heavy atom. The predicted octanol–water partition coefficient (Wildman–Crippen LogP) is 3.53. The van der Waals surface area contributed by atoms with Crippen LogP contribution in [0.1, 0.15) is 50.2 Å². The number of carbonyl (C=O) groups is 1. The molecule has 0 amide bonds. The zero-order valence-corrected chi connectivity index (χ0v) is 14.4. The molecule has 0 aliphatic carbocycles. The lowest BCUT2D eigenvalue weighted by Crippen LogP contribution is -2.19. The Hall–Kier alpha value is -1.43. The number of nitrogen functional groups attached to an aromatic ring is 1. The first-order valence-corrected chi connectivity index (χ1v) is 8.21. The topological polar surface area (TPSA) is 64.8 Å². The van der Waals surface area contributed by atoms with Crippen LogP contribution in [0.5, 0.6) is 5.75 Å². The van der Waals surface area contributed by atoms with Crippen LogP contribution in [0.15, 0.2) is 0 Å². The first kappa shape index (κ1) is 17.6. The van der Waals surface area contributed by atoms with E-state index >= 15 is 0 Å². The standard InChI is InChI=1S/C15H26N2O3S/c1-6-8-9-17(5)14-12(20-10(3)4)11(16)13(21-14)15(18)19-7-2/h10H,6-9,16H2,1-5H3. The summed E-state index contributed by atoms with van der Waals surface area (Å²) in [5.74, 6) is 0.209. The lowest BCUT2D eigenvalue weighted by atomic mass is 10.3. The third kappa shape index (κ3) is 4.52. The van der Waals surface area contributed by atoms with Crippen LogP contribution >= 0.6 is 11.3 Å². The first-order chi connectivity index (χ1) is 9.92. The zero-order valence-electron chi connectivity index (χ0n) is 13.6. The summed E-state index contributed by atoms with van der Waals surface area (Å²) in [6, 6.07) is 0. The zero-order chi connectivity index (χ0) is 16.0. The van der Waals surface area contributed by atoms with Gasteiger partial charge < -0.3 is 20.1 Å². The van der Waals surface area contributed by atoms with Crippen LogP contribution in [-0.2, 0) is 4.74 Å². The van der Waals surface area contributed by atoms with Crippen LogP contribution in [0.3, 0.4) is 0 Å². The molecule has 0 bridgehead atoms. The number of thiophene rings is 1. The smallest absolute Gasteiger partial charge is 0.350 e. The second kappa shape index (κ2) is 8.12. The SMILES string of the molecule is CCCCN(C)c1sc(C(=O)OCC)c(N)c1OC(C)C. The van der Waals surface area contributed by atoms with E-state index in [1.165, 1.54) is 11.3 Å². The number of hydrogen-bond acceptors (Lipinski definition) is 6. The Balaban J connectivity index is 3.14. The summed E-state index contributed by atoms with van der Waals surface area (Å²) in [6.07, 6.45) is 2.18. The summed E-state index contributed by atoms with van der Waals surface area (Å²) >= 11 is 1.34. The fourth-order valence-corrected chi connectivity index (χ4v) is 2.90. The predicted molar refractivity (Wildman–Crippen MR) is 88.6 cm³/mol. The van der Waals surface area contributed by atoms with E-state index in [2.05, 4.69) is 11.8 Å². The van der Waals surface area contributed by atoms with Gasteiger partial charge in [-0.15, -0.1) is 11.3 Å². The van der Waals surface area contributed by atoms with E-state index in [0.717, 1.165) is 24.4 Å². The molecule has 0 radical (unpaired) electrons. The van der Waals surface area contributed by atoms with E-state index in [9.17, 15) is 4.79 Å². The van der Waals surface area contributed by atoms with Gasteiger partial charge in [0.1, 0.15) is 15.6 Å². The summed E-state index contributed by atoms with van der Waals surface area (Å²) in [5, 5.41) is 0.887. The molecule has 0 saturated heterocycles. The minimum Gasteiger partial charge on any atom is -0.486 e. The van der Waals surface area contributed by atoms with Crippen molar-refractivity contribution in [2.45, 2.75) is 46.6 Å². The Morgan fingerprint density at radius 1 is 1.38 bits per heavy atom. The van der Waals surface area contributed by atoms with Crippen molar-refractivity contribution in [3.63, 3.8) is 0 Å². The molecule has 0 aromatic carbocycles. The molecule has 0 spiro atoms. The molecule has 2 N–H and O–H groups in total. The molecule has 5 nitrogen and oxygen atoms in total. The van der Waals surface area contributed by atoms with E-state index < -0.39 is 0 Å². The number of hydrogen-bond donors (Lipinski definition) is 1. The van der Waals surface area contributed by atoms with Crippen LogP contribution in [0, 0.1) is 0 Å². The monoisotopic (exact) mass is 314 g/mol. The second-order valence-electron chi connectivity index (χ2n) is 5.14. The molecule has 0 saturated carbocycles. The van der Waals surface area contributed by atoms with Crippen LogP contribution in [0.4, 0.5) is 10.7 Å². The van der Waals surface area contributed by atoms with Crippen molar-refractivity contribution in [3.05, 3.63) is 4.88 Å².